The highest BCUT2D eigenvalue weighted by molar-refractivity contribution is 5.92. The van der Waals surface area contributed by atoms with Gasteiger partial charge in [0.05, 0.1) is 12.8 Å². The van der Waals surface area contributed by atoms with Crippen LogP contribution in [0.5, 0.6) is 0 Å². The number of carbonyl (C=O) groups is 1. The molecule has 3 nitrogen and oxygen atoms in total. The summed E-state index contributed by atoms with van der Waals surface area (Å²) >= 11 is 0. The summed E-state index contributed by atoms with van der Waals surface area (Å²) < 4.78 is 5.76. The normalized spacial score (nSPS) is 13.3. The molecule has 2 N–H and O–H groups in total. The van der Waals surface area contributed by atoms with Gasteiger partial charge in [-0.15, -0.1) is 0 Å². The zero-order valence-electron chi connectivity index (χ0n) is 14.6. The molecule has 1 aromatic heterocycles. The maximum Gasteiger partial charge on any atom is 0.146 e. The van der Waals surface area contributed by atoms with Crippen molar-refractivity contribution in [1.82, 2.24) is 0 Å². The van der Waals surface area contributed by atoms with E-state index in [-0.39, 0.29) is 18.2 Å². The lowest BCUT2D eigenvalue weighted by molar-refractivity contribution is -0.117. The minimum absolute atomic E-state index is 0.112. The van der Waals surface area contributed by atoms with Crippen LogP contribution in [0.3, 0.4) is 0 Å². The summed E-state index contributed by atoms with van der Waals surface area (Å²) in [4.78, 5) is 11.5. The van der Waals surface area contributed by atoms with E-state index in [1.807, 2.05) is 12.3 Å². The van der Waals surface area contributed by atoms with E-state index in [0.29, 0.717) is 12.3 Å². The third-order valence-corrected chi connectivity index (χ3v) is 4.29. The van der Waals surface area contributed by atoms with E-state index in [9.17, 15) is 4.79 Å². The molecule has 1 aromatic carbocycles. The molecule has 23 heavy (non-hydrogen) atoms. The molecular weight excluding hydrogens is 286 g/mol. The van der Waals surface area contributed by atoms with Crippen LogP contribution in [0.1, 0.15) is 56.2 Å². The fourth-order valence-electron chi connectivity index (χ4n) is 2.79. The van der Waals surface area contributed by atoms with Gasteiger partial charge in [-0.3, -0.25) is 4.79 Å². The second-order valence-electron chi connectivity index (χ2n) is 6.65. The van der Waals surface area contributed by atoms with E-state index >= 15 is 0 Å². The number of nitrogens with two attached hydrogens (primary N) is 1. The van der Waals surface area contributed by atoms with Crippen molar-refractivity contribution >= 4 is 22.8 Å². The molecule has 0 bridgehead atoms. The second kappa shape index (κ2) is 7.60. The van der Waals surface area contributed by atoms with Crippen molar-refractivity contribution in [2.45, 2.75) is 46.5 Å². The fraction of sp³-hybridized carbons (Fsp3) is 0.450. The number of hydrogen-bond donors (Lipinski definition) is 1. The number of aryl methyl sites for hydroxylation is 1. The average molecular weight is 313 g/mol. The topological polar surface area (TPSA) is 56.2 Å². The number of rotatable bonds is 7. The predicted molar refractivity (Wildman–Crippen MR) is 96.5 cm³/mol. The number of hydrogen-bond acceptors (Lipinski definition) is 3. The molecule has 0 saturated heterocycles. The Morgan fingerprint density at radius 1 is 1.30 bits per heavy atom. The van der Waals surface area contributed by atoms with Gasteiger partial charge in [0.1, 0.15) is 11.4 Å². The number of carbonyl (C=O) groups excluding carboxylic acids is 1. The molecule has 1 atom stereocenters. The standard InChI is InChI=1S/C20H27NO2/c1-13(2)5-9-17-14(3)7-10-19-20(17)18(12-23-19)15(4)6-8-16(22)11-21/h5,7,9-10,12-13,15H,6,8,11,21H2,1-4H3/b9-5-. The highest BCUT2D eigenvalue weighted by Gasteiger charge is 2.17. The molecule has 1 unspecified atom stereocenters. The lowest BCUT2D eigenvalue weighted by Crippen LogP contribution is -2.13. The van der Waals surface area contributed by atoms with Crippen molar-refractivity contribution in [2.24, 2.45) is 11.7 Å². The third-order valence-electron chi connectivity index (χ3n) is 4.29. The minimum atomic E-state index is 0.112. The number of Topliss-reactive ketones (excluding diaryl/α,β-unsaturated/α-hetero) is 1. The molecule has 0 aliphatic carbocycles. The Morgan fingerprint density at radius 2 is 2.04 bits per heavy atom. The molecule has 1 heterocycles. The molecule has 0 radical (unpaired) electrons. The van der Waals surface area contributed by atoms with Crippen LogP contribution < -0.4 is 5.73 Å². The first-order chi connectivity index (χ1) is 10.9. The molecule has 124 valence electrons. The van der Waals surface area contributed by atoms with Crippen LogP contribution in [0.4, 0.5) is 0 Å². The van der Waals surface area contributed by atoms with Crippen LogP contribution in [0.25, 0.3) is 17.0 Å². The van der Waals surface area contributed by atoms with Crippen LogP contribution in [0.2, 0.25) is 0 Å². The molecule has 0 saturated carbocycles. The summed E-state index contributed by atoms with van der Waals surface area (Å²) in [6, 6.07) is 4.12. The monoisotopic (exact) mass is 313 g/mol. The first-order valence-electron chi connectivity index (χ1n) is 8.34. The maximum atomic E-state index is 11.5. The van der Waals surface area contributed by atoms with E-state index in [2.05, 4.69) is 45.9 Å². The van der Waals surface area contributed by atoms with E-state index in [4.69, 9.17) is 10.2 Å². The Hall–Kier alpha value is -1.87. The van der Waals surface area contributed by atoms with Crippen LogP contribution in [-0.4, -0.2) is 12.3 Å². The molecule has 2 aromatic rings. The van der Waals surface area contributed by atoms with Crippen molar-refractivity contribution in [2.75, 3.05) is 6.54 Å². The zero-order valence-corrected chi connectivity index (χ0v) is 14.6. The number of allylic oxidation sites excluding steroid dienone is 1. The first kappa shape index (κ1) is 17.5. The number of fused-ring (bicyclic) bond motifs is 1. The Bertz CT molecular complexity index is 710. The van der Waals surface area contributed by atoms with Crippen molar-refractivity contribution in [3.05, 3.63) is 41.2 Å². The summed E-state index contributed by atoms with van der Waals surface area (Å²) in [6.07, 6.45) is 7.56. The van der Waals surface area contributed by atoms with Gasteiger partial charge < -0.3 is 10.2 Å². The Labute approximate surface area is 138 Å². The lowest BCUT2D eigenvalue weighted by atomic mass is 9.91. The van der Waals surface area contributed by atoms with Gasteiger partial charge in [0.2, 0.25) is 0 Å². The number of benzene rings is 1. The van der Waals surface area contributed by atoms with Gasteiger partial charge in [0, 0.05) is 17.4 Å². The van der Waals surface area contributed by atoms with Crippen molar-refractivity contribution < 1.29 is 9.21 Å². The Kier molecular flexibility index (Phi) is 5.78. The van der Waals surface area contributed by atoms with E-state index in [0.717, 1.165) is 12.0 Å². The molecule has 0 fully saturated rings. The van der Waals surface area contributed by atoms with Crippen LogP contribution in [0.15, 0.2) is 28.9 Å². The van der Waals surface area contributed by atoms with Gasteiger partial charge in [-0.25, -0.2) is 0 Å². The molecule has 0 aliphatic heterocycles. The van der Waals surface area contributed by atoms with Crippen molar-refractivity contribution in [1.29, 1.82) is 0 Å². The van der Waals surface area contributed by atoms with Crippen LogP contribution in [0, 0.1) is 12.8 Å². The van der Waals surface area contributed by atoms with Gasteiger partial charge in [-0.2, -0.15) is 0 Å². The smallest absolute Gasteiger partial charge is 0.146 e. The van der Waals surface area contributed by atoms with Crippen LogP contribution in [-0.2, 0) is 4.79 Å². The van der Waals surface area contributed by atoms with E-state index in [1.165, 1.54) is 22.1 Å². The Balaban J connectivity index is 2.41. The van der Waals surface area contributed by atoms with E-state index < -0.39 is 0 Å². The van der Waals surface area contributed by atoms with Crippen molar-refractivity contribution in [3.63, 3.8) is 0 Å². The zero-order chi connectivity index (χ0) is 17.0. The average Bonchev–Trinajstić information content (AvgIpc) is 2.95. The predicted octanol–water partition coefficient (Wildman–Crippen LogP) is 4.82. The first-order valence-corrected chi connectivity index (χ1v) is 8.34. The molecule has 3 heteroatoms. The molecular formula is C20H27NO2. The van der Waals surface area contributed by atoms with Gasteiger partial charge >= 0.3 is 0 Å². The highest BCUT2D eigenvalue weighted by atomic mass is 16.3. The van der Waals surface area contributed by atoms with Crippen molar-refractivity contribution in [3.8, 4) is 0 Å². The lowest BCUT2D eigenvalue weighted by Gasteiger charge is -2.11. The van der Waals surface area contributed by atoms with Crippen LogP contribution >= 0.6 is 0 Å². The van der Waals surface area contributed by atoms with Gasteiger partial charge in [-0.05, 0) is 42.4 Å². The van der Waals surface area contributed by atoms with Gasteiger partial charge in [0.15, 0.2) is 0 Å². The minimum Gasteiger partial charge on any atom is -0.464 e. The summed E-state index contributed by atoms with van der Waals surface area (Å²) in [5.41, 5.74) is 9.95. The maximum absolute atomic E-state index is 11.5. The molecule has 0 spiro atoms. The number of ketones is 1. The highest BCUT2D eigenvalue weighted by Crippen LogP contribution is 2.35. The fourth-order valence-corrected chi connectivity index (χ4v) is 2.79. The molecule has 0 aliphatic rings. The second-order valence-corrected chi connectivity index (χ2v) is 6.65. The summed E-state index contributed by atoms with van der Waals surface area (Å²) in [7, 11) is 0. The summed E-state index contributed by atoms with van der Waals surface area (Å²) in [6.45, 7) is 8.73. The summed E-state index contributed by atoms with van der Waals surface area (Å²) in [5.74, 6) is 0.875. The third kappa shape index (κ3) is 4.11. The summed E-state index contributed by atoms with van der Waals surface area (Å²) in [5, 5.41) is 1.18. The molecule has 0 amide bonds. The quantitative estimate of drug-likeness (QED) is 0.797. The van der Waals surface area contributed by atoms with E-state index in [1.54, 1.807) is 0 Å². The van der Waals surface area contributed by atoms with Gasteiger partial charge in [0.25, 0.3) is 0 Å². The number of furan rings is 1. The van der Waals surface area contributed by atoms with Gasteiger partial charge in [-0.1, -0.05) is 39.0 Å². The Morgan fingerprint density at radius 3 is 2.70 bits per heavy atom. The SMILES string of the molecule is Cc1ccc2occ(C(C)CCC(=O)CN)c2c1/C=C\C(C)C. The molecule has 2 rings (SSSR count). The largest absolute Gasteiger partial charge is 0.464 e.